The van der Waals surface area contributed by atoms with Crippen LogP contribution in [0, 0.1) is 5.41 Å². The summed E-state index contributed by atoms with van der Waals surface area (Å²) in [7, 11) is -2.21. The molecule has 118 valence electrons. The molecule has 1 aliphatic heterocycles. The second-order valence-electron chi connectivity index (χ2n) is 5.72. The molecule has 2 N–H and O–H groups in total. The quantitative estimate of drug-likeness (QED) is 0.838. The number of rotatable bonds is 5. The largest absolute Gasteiger partial charge is 0.477 e. The Morgan fingerprint density at radius 3 is 2.62 bits per heavy atom. The molecule has 0 aromatic carbocycles. The Morgan fingerprint density at radius 1 is 1.48 bits per heavy atom. The summed E-state index contributed by atoms with van der Waals surface area (Å²) in [6.45, 7) is 3.60. The van der Waals surface area contributed by atoms with Gasteiger partial charge in [0.15, 0.2) is 0 Å². The molecule has 0 atom stereocenters. The molecule has 1 fully saturated rings. The lowest BCUT2D eigenvalue weighted by atomic mass is 9.83. The maximum Gasteiger partial charge on any atom is 0.352 e. The average molecular weight is 316 g/mol. The Balaban J connectivity index is 2.11. The first-order chi connectivity index (χ1) is 9.73. The summed E-state index contributed by atoms with van der Waals surface area (Å²) in [5.74, 6) is -1.16. The summed E-state index contributed by atoms with van der Waals surface area (Å²) in [4.78, 5) is 10.9. The molecule has 21 heavy (non-hydrogen) atoms. The van der Waals surface area contributed by atoms with Gasteiger partial charge in [-0.3, -0.25) is 0 Å². The second-order valence-corrected chi connectivity index (χ2v) is 7.49. The highest BCUT2D eigenvalue weighted by molar-refractivity contribution is 7.89. The van der Waals surface area contributed by atoms with Gasteiger partial charge in [0, 0.05) is 33.0 Å². The first-order valence-corrected chi connectivity index (χ1v) is 8.19. The number of aryl methyl sites for hydroxylation is 1. The van der Waals surface area contributed by atoms with Crippen LogP contribution in [0.4, 0.5) is 0 Å². The third-order valence-corrected chi connectivity index (χ3v) is 5.27. The van der Waals surface area contributed by atoms with Crippen LogP contribution in [0.5, 0.6) is 0 Å². The van der Waals surface area contributed by atoms with E-state index in [0.29, 0.717) is 19.8 Å². The Bertz CT molecular complexity index is 629. The van der Waals surface area contributed by atoms with Gasteiger partial charge in [0.25, 0.3) is 0 Å². The Kier molecular flexibility index (Phi) is 4.40. The molecule has 2 rings (SSSR count). The molecule has 7 nitrogen and oxygen atoms in total. The number of hydrogen-bond acceptors (Lipinski definition) is 4. The number of hydrogen-bond donors (Lipinski definition) is 2. The number of aromatic carboxylic acids is 1. The maximum atomic E-state index is 12.3. The van der Waals surface area contributed by atoms with Crippen molar-refractivity contribution < 1.29 is 23.1 Å². The smallest absolute Gasteiger partial charge is 0.352 e. The van der Waals surface area contributed by atoms with Crippen molar-refractivity contribution in [2.24, 2.45) is 12.5 Å². The van der Waals surface area contributed by atoms with Crippen LogP contribution >= 0.6 is 0 Å². The fourth-order valence-electron chi connectivity index (χ4n) is 2.29. The van der Waals surface area contributed by atoms with Crippen molar-refractivity contribution in [1.29, 1.82) is 0 Å². The molecular formula is C13H20N2O5S. The van der Waals surface area contributed by atoms with Crippen LogP contribution in [-0.4, -0.2) is 43.8 Å². The molecule has 0 unspecified atom stereocenters. The van der Waals surface area contributed by atoms with Gasteiger partial charge in [-0.05, 0) is 24.3 Å². The summed E-state index contributed by atoms with van der Waals surface area (Å²) >= 11 is 0. The predicted octanol–water partition coefficient (Wildman–Crippen LogP) is 0.818. The van der Waals surface area contributed by atoms with Crippen LogP contribution < -0.4 is 4.72 Å². The van der Waals surface area contributed by atoms with Gasteiger partial charge in [0.1, 0.15) is 10.6 Å². The zero-order chi connectivity index (χ0) is 15.7. The van der Waals surface area contributed by atoms with Crippen molar-refractivity contribution in [1.82, 2.24) is 9.29 Å². The van der Waals surface area contributed by atoms with Crippen LogP contribution in [-0.2, 0) is 21.8 Å². The molecule has 8 heteroatoms. The van der Waals surface area contributed by atoms with Gasteiger partial charge in [0.2, 0.25) is 10.0 Å². The van der Waals surface area contributed by atoms with Crippen LogP contribution in [0.15, 0.2) is 17.2 Å². The minimum absolute atomic E-state index is 0.0296. The van der Waals surface area contributed by atoms with Gasteiger partial charge in [-0.25, -0.2) is 17.9 Å². The molecule has 1 aromatic heterocycles. The normalized spacial score (nSPS) is 18.6. The standard InChI is InChI=1S/C13H20N2O5S/c1-13(3-5-20-6-4-13)9-14-21(18,19)10-7-11(12(16)17)15(2)8-10/h7-8,14H,3-6,9H2,1-2H3,(H,16,17). The van der Waals surface area contributed by atoms with Gasteiger partial charge >= 0.3 is 5.97 Å². The average Bonchev–Trinajstić information content (AvgIpc) is 2.81. The van der Waals surface area contributed by atoms with E-state index in [1.54, 1.807) is 0 Å². The van der Waals surface area contributed by atoms with E-state index in [2.05, 4.69) is 4.72 Å². The number of ether oxygens (including phenoxy) is 1. The Hall–Kier alpha value is -1.38. The van der Waals surface area contributed by atoms with Crippen molar-refractivity contribution in [2.75, 3.05) is 19.8 Å². The van der Waals surface area contributed by atoms with E-state index in [1.165, 1.54) is 17.8 Å². The lowest BCUT2D eigenvalue weighted by Crippen LogP contribution is -2.39. The highest BCUT2D eigenvalue weighted by Gasteiger charge is 2.30. The van der Waals surface area contributed by atoms with Gasteiger partial charge < -0.3 is 14.4 Å². The van der Waals surface area contributed by atoms with E-state index < -0.39 is 16.0 Å². The van der Waals surface area contributed by atoms with Crippen LogP contribution in [0.1, 0.15) is 30.3 Å². The molecule has 1 aliphatic rings. The van der Waals surface area contributed by atoms with E-state index in [9.17, 15) is 13.2 Å². The summed E-state index contributed by atoms with van der Waals surface area (Å²) in [6.07, 6.45) is 2.90. The highest BCUT2D eigenvalue weighted by Crippen LogP contribution is 2.29. The number of sulfonamides is 1. The van der Waals surface area contributed by atoms with Gasteiger partial charge in [0.05, 0.1) is 0 Å². The predicted molar refractivity (Wildman–Crippen MR) is 75.7 cm³/mol. The summed E-state index contributed by atoms with van der Waals surface area (Å²) in [5, 5.41) is 8.97. The van der Waals surface area contributed by atoms with E-state index >= 15 is 0 Å². The number of aromatic nitrogens is 1. The van der Waals surface area contributed by atoms with Crippen LogP contribution in [0.25, 0.3) is 0 Å². The fourth-order valence-corrected chi connectivity index (χ4v) is 3.56. The van der Waals surface area contributed by atoms with Gasteiger partial charge in [-0.15, -0.1) is 0 Å². The number of nitrogens with one attached hydrogen (secondary N) is 1. The van der Waals surface area contributed by atoms with Crippen molar-refractivity contribution in [3.05, 3.63) is 18.0 Å². The van der Waals surface area contributed by atoms with Gasteiger partial charge in [-0.1, -0.05) is 6.92 Å². The van der Waals surface area contributed by atoms with E-state index in [-0.39, 0.29) is 16.0 Å². The molecule has 2 heterocycles. The number of carboxylic acids is 1. The lowest BCUT2D eigenvalue weighted by molar-refractivity contribution is 0.0264. The molecule has 0 bridgehead atoms. The first kappa shape index (κ1) is 16.0. The van der Waals surface area contributed by atoms with E-state index in [0.717, 1.165) is 18.9 Å². The zero-order valence-electron chi connectivity index (χ0n) is 12.1. The zero-order valence-corrected chi connectivity index (χ0v) is 12.9. The molecular weight excluding hydrogens is 296 g/mol. The molecule has 0 spiro atoms. The molecule has 0 saturated carbocycles. The number of nitrogens with zero attached hydrogens (tertiary/aromatic N) is 1. The Labute approximate surface area is 124 Å². The summed E-state index contributed by atoms with van der Waals surface area (Å²) in [5.41, 5.74) is -0.192. The van der Waals surface area contributed by atoms with Crippen LogP contribution in [0.2, 0.25) is 0 Å². The molecule has 0 radical (unpaired) electrons. The maximum absolute atomic E-state index is 12.3. The molecule has 0 aliphatic carbocycles. The van der Waals surface area contributed by atoms with Crippen molar-refractivity contribution in [3.8, 4) is 0 Å². The fraction of sp³-hybridized carbons (Fsp3) is 0.615. The minimum Gasteiger partial charge on any atom is -0.477 e. The molecule has 1 aromatic rings. The van der Waals surface area contributed by atoms with Crippen molar-refractivity contribution in [3.63, 3.8) is 0 Å². The lowest BCUT2D eigenvalue weighted by Gasteiger charge is -2.33. The van der Waals surface area contributed by atoms with Crippen molar-refractivity contribution >= 4 is 16.0 Å². The second kappa shape index (κ2) is 5.78. The molecule has 0 amide bonds. The topological polar surface area (TPSA) is 97.6 Å². The third kappa shape index (κ3) is 3.63. The summed E-state index contributed by atoms with van der Waals surface area (Å²) < 4.78 is 33.7. The molecule has 1 saturated heterocycles. The summed E-state index contributed by atoms with van der Waals surface area (Å²) in [6, 6.07) is 1.16. The van der Waals surface area contributed by atoms with E-state index in [1.807, 2.05) is 6.92 Å². The number of carbonyl (C=O) groups is 1. The first-order valence-electron chi connectivity index (χ1n) is 6.71. The van der Waals surface area contributed by atoms with E-state index in [4.69, 9.17) is 9.84 Å². The van der Waals surface area contributed by atoms with Crippen LogP contribution in [0.3, 0.4) is 0 Å². The monoisotopic (exact) mass is 316 g/mol. The van der Waals surface area contributed by atoms with Crippen molar-refractivity contribution in [2.45, 2.75) is 24.7 Å². The minimum atomic E-state index is -3.71. The highest BCUT2D eigenvalue weighted by atomic mass is 32.2. The SMILES string of the molecule is Cn1cc(S(=O)(=O)NCC2(C)CCOCC2)cc1C(=O)O. The van der Waals surface area contributed by atoms with Gasteiger partial charge in [-0.2, -0.15) is 0 Å². The number of carboxylic acid groups (broad SMARTS) is 1. The third-order valence-electron chi connectivity index (χ3n) is 3.90. The Morgan fingerprint density at radius 2 is 2.10 bits per heavy atom.